The highest BCUT2D eigenvalue weighted by Gasteiger charge is 2.11. The van der Waals surface area contributed by atoms with Crippen molar-refractivity contribution < 1.29 is 13.7 Å². The van der Waals surface area contributed by atoms with Crippen LogP contribution in [0.1, 0.15) is 19.2 Å². The van der Waals surface area contributed by atoms with Crippen molar-refractivity contribution in [2.45, 2.75) is 19.8 Å². The van der Waals surface area contributed by atoms with E-state index in [9.17, 15) is 9.18 Å². The number of hydrogen-bond acceptors (Lipinski definition) is 4. The fraction of sp³-hybridized carbons (Fsp3) is 0.250. The van der Waals surface area contributed by atoms with E-state index in [1.807, 2.05) is 0 Å². The van der Waals surface area contributed by atoms with Crippen LogP contribution in [-0.4, -0.2) is 15.9 Å². The zero-order chi connectivity index (χ0) is 12.3. The fourth-order valence-corrected chi connectivity index (χ4v) is 1.37. The van der Waals surface area contributed by atoms with Crippen LogP contribution in [0.3, 0.4) is 0 Å². The van der Waals surface area contributed by atoms with Gasteiger partial charge < -0.3 is 4.52 Å². The lowest BCUT2D eigenvalue weighted by atomic mass is 10.2. The number of carbonyl (C=O) groups is 1. The molecule has 0 saturated heterocycles. The molecule has 0 amide bonds. The van der Waals surface area contributed by atoms with Gasteiger partial charge in [-0.15, -0.1) is 0 Å². The first-order chi connectivity index (χ1) is 8.19. The summed E-state index contributed by atoms with van der Waals surface area (Å²) in [5.74, 6) is 0.220. The molecule has 5 heteroatoms. The van der Waals surface area contributed by atoms with Crippen LogP contribution in [0.5, 0.6) is 0 Å². The van der Waals surface area contributed by atoms with Crippen LogP contribution in [0.15, 0.2) is 28.8 Å². The molecule has 0 saturated carbocycles. The smallest absolute Gasteiger partial charge is 0.234 e. The van der Waals surface area contributed by atoms with Crippen LogP contribution >= 0.6 is 0 Å². The van der Waals surface area contributed by atoms with E-state index >= 15 is 0 Å². The molecule has 0 N–H and O–H groups in total. The zero-order valence-corrected chi connectivity index (χ0v) is 9.31. The molecular weight excluding hydrogens is 223 g/mol. The predicted molar refractivity (Wildman–Crippen MR) is 58.7 cm³/mol. The van der Waals surface area contributed by atoms with Crippen molar-refractivity contribution in [3.05, 3.63) is 36.0 Å². The van der Waals surface area contributed by atoms with Gasteiger partial charge in [0.25, 0.3) is 0 Å². The average Bonchev–Trinajstić information content (AvgIpc) is 2.77. The highest BCUT2D eigenvalue weighted by Crippen LogP contribution is 2.16. The third-order valence-electron chi connectivity index (χ3n) is 2.29. The second kappa shape index (κ2) is 4.86. The first-order valence-electron chi connectivity index (χ1n) is 5.29. The highest BCUT2D eigenvalue weighted by atomic mass is 19.1. The first kappa shape index (κ1) is 11.4. The molecule has 0 atom stereocenters. The second-order valence-electron chi connectivity index (χ2n) is 3.59. The molecule has 1 heterocycles. The second-order valence-corrected chi connectivity index (χ2v) is 3.59. The molecule has 0 aliphatic carbocycles. The molecule has 0 aliphatic rings. The minimum Gasteiger partial charge on any atom is -0.339 e. The summed E-state index contributed by atoms with van der Waals surface area (Å²) in [6.45, 7) is 1.77. The SMILES string of the molecule is CCC(=O)Cc1nc(-c2cccc(F)c2)no1. The summed E-state index contributed by atoms with van der Waals surface area (Å²) >= 11 is 0. The van der Waals surface area contributed by atoms with E-state index in [0.29, 0.717) is 17.8 Å². The molecule has 2 rings (SSSR count). The van der Waals surface area contributed by atoms with Crippen LogP contribution in [0.4, 0.5) is 4.39 Å². The minimum atomic E-state index is -0.363. The highest BCUT2D eigenvalue weighted by molar-refractivity contribution is 5.79. The van der Waals surface area contributed by atoms with Crippen molar-refractivity contribution in [3.8, 4) is 11.4 Å². The Hall–Kier alpha value is -2.04. The summed E-state index contributed by atoms with van der Waals surface area (Å²) in [5.41, 5.74) is 0.531. The standard InChI is InChI=1S/C12H11FN2O2/c1-2-10(16)7-11-14-12(15-17-11)8-4-3-5-9(13)6-8/h3-6H,2,7H2,1H3. The van der Waals surface area contributed by atoms with Gasteiger partial charge in [0.1, 0.15) is 11.6 Å². The largest absolute Gasteiger partial charge is 0.339 e. The molecule has 0 spiro atoms. The maximum atomic E-state index is 13.0. The minimum absolute atomic E-state index is 0.0273. The van der Waals surface area contributed by atoms with E-state index < -0.39 is 0 Å². The number of benzene rings is 1. The molecule has 2 aromatic rings. The van der Waals surface area contributed by atoms with Crippen molar-refractivity contribution in [1.82, 2.24) is 10.1 Å². The van der Waals surface area contributed by atoms with Gasteiger partial charge in [-0.1, -0.05) is 24.2 Å². The molecule has 1 aromatic heterocycles. The maximum absolute atomic E-state index is 13.0. The lowest BCUT2D eigenvalue weighted by Gasteiger charge is -1.93. The maximum Gasteiger partial charge on any atom is 0.234 e. The van der Waals surface area contributed by atoms with Crippen molar-refractivity contribution in [1.29, 1.82) is 0 Å². The Kier molecular flexibility index (Phi) is 3.27. The number of Topliss-reactive ketones (excluding diaryl/α,β-unsaturated/α-hetero) is 1. The van der Waals surface area contributed by atoms with E-state index in [-0.39, 0.29) is 23.9 Å². The quantitative estimate of drug-likeness (QED) is 0.815. The Morgan fingerprint density at radius 1 is 1.47 bits per heavy atom. The summed E-state index contributed by atoms with van der Waals surface area (Å²) in [6, 6.07) is 5.90. The summed E-state index contributed by atoms with van der Waals surface area (Å²) in [6.07, 6.45) is 0.552. The Labute approximate surface area is 97.5 Å². The lowest BCUT2D eigenvalue weighted by molar-refractivity contribution is -0.118. The number of aromatic nitrogens is 2. The van der Waals surface area contributed by atoms with Gasteiger partial charge in [0.15, 0.2) is 0 Å². The monoisotopic (exact) mass is 234 g/mol. The number of ketones is 1. The Bertz CT molecular complexity index is 537. The molecule has 88 valence electrons. The van der Waals surface area contributed by atoms with E-state index in [1.54, 1.807) is 19.1 Å². The topological polar surface area (TPSA) is 56.0 Å². The molecule has 0 bridgehead atoms. The fourth-order valence-electron chi connectivity index (χ4n) is 1.37. The number of rotatable bonds is 4. The Morgan fingerprint density at radius 2 is 2.29 bits per heavy atom. The zero-order valence-electron chi connectivity index (χ0n) is 9.31. The van der Waals surface area contributed by atoms with Gasteiger partial charge in [-0.05, 0) is 12.1 Å². The van der Waals surface area contributed by atoms with Crippen molar-refractivity contribution in [3.63, 3.8) is 0 Å². The van der Waals surface area contributed by atoms with Gasteiger partial charge >= 0.3 is 0 Å². The van der Waals surface area contributed by atoms with Crippen LogP contribution in [0.2, 0.25) is 0 Å². The normalized spacial score (nSPS) is 10.5. The van der Waals surface area contributed by atoms with Crippen molar-refractivity contribution in [2.75, 3.05) is 0 Å². The molecule has 1 aromatic carbocycles. The summed E-state index contributed by atoms with van der Waals surface area (Å²) in [7, 11) is 0. The van der Waals surface area contributed by atoms with Gasteiger partial charge in [0.05, 0.1) is 6.42 Å². The predicted octanol–water partition coefficient (Wildman–Crippen LogP) is 2.40. The van der Waals surface area contributed by atoms with Gasteiger partial charge in [-0.3, -0.25) is 4.79 Å². The van der Waals surface area contributed by atoms with Crippen LogP contribution in [0, 0.1) is 5.82 Å². The molecule has 0 unspecified atom stereocenters. The van der Waals surface area contributed by atoms with Gasteiger partial charge in [-0.2, -0.15) is 4.98 Å². The van der Waals surface area contributed by atoms with E-state index in [2.05, 4.69) is 10.1 Å². The van der Waals surface area contributed by atoms with Crippen molar-refractivity contribution >= 4 is 5.78 Å². The molecule has 0 aliphatic heterocycles. The Morgan fingerprint density at radius 3 is 3.00 bits per heavy atom. The summed E-state index contributed by atoms with van der Waals surface area (Å²) in [4.78, 5) is 15.2. The molecule has 0 fully saturated rings. The van der Waals surface area contributed by atoms with Crippen LogP contribution < -0.4 is 0 Å². The number of carbonyl (C=O) groups excluding carboxylic acids is 1. The van der Waals surface area contributed by atoms with E-state index in [1.165, 1.54) is 12.1 Å². The van der Waals surface area contributed by atoms with Gasteiger partial charge in [-0.25, -0.2) is 4.39 Å². The van der Waals surface area contributed by atoms with Crippen molar-refractivity contribution in [2.24, 2.45) is 0 Å². The molecule has 17 heavy (non-hydrogen) atoms. The first-order valence-corrected chi connectivity index (χ1v) is 5.29. The third kappa shape index (κ3) is 2.75. The molecule has 0 radical (unpaired) electrons. The number of nitrogens with zero attached hydrogens (tertiary/aromatic N) is 2. The van der Waals surface area contributed by atoms with Crippen LogP contribution in [0.25, 0.3) is 11.4 Å². The van der Waals surface area contributed by atoms with Gasteiger partial charge in [0.2, 0.25) is 11.7 Å². The van der Waals surface area contributed by atoms with E-state index in [4.69, 9.17) is 4.52 Å². The summed E-state index contributed by atoms with van der Waals surface area (Å²) < 4.78 is 17.9. The number of hydrogen-bond donors (Lipinski definition) is 0. The summed E-state index contributed by atoms with van der Waals surface area (Å²) in [5, 5.41) is 3.71. The third-order valence-corrected chi connectivity index (χ3v) is 2.29. The molecular formula is C12H11FN2O2. The van der Waals surface area contributed by atoms with Gasteiger partial charge in [0, 0.05) is 12.0 Å². The average molecular weight is 234 g/mol. The molecule has 4 nitrogen and oxygen atoms in total. The van der Waals surface area contributed by atoms with Crippen LogP contribution in [-0.2, 0) is 11.2 Å². The Balaban J connectivity index is 2.21. The van der Waals surface area contributed by atoms with E-state index in [0.717, 1.165) is 0 Å². The number of halogens is 1. The lowest BCUT2D eigenvalue weighted by Crippen LogP contribution is -2.00.